The predicted molar refractivity (Wildman–Crippen MR) is 77.9 cm³/mol. The minimum Gasteiger partial charge on any atom is -0.408 e. The lowest BCUT2D eigenvalue weighted by atomic mass is 10.0. The van der Waals surface area contributed by atoms with Crippen LogP contribution in [0.3, 0.4) is 0 Å². The highest BCUT2D eigenvalue weighted by Gasteiger charge is 2.09. The summed E-state index contributed by atoms with van der Waals surface area (Å²) in [5, 5.41) is 0. The molecule has 0 aliphatic heterocycles. The summed E-state index contributed by atoms with van der Waals surface area (Å²) in [5.41, 5.74) is 3.04. The average Bonchev–Trinajstić information content (AvgIpc) is 2.87. The standard InChI is InChI=1S/C15H10BrNO2/c16-13-7-6-11(10-4-2-1-3-5-10)8-12(13)14-9-17-15(18)19-14/h1-9H,(H,17,18). The zero-order valence-corrected chi connectivity index (χ0v) is 11.5. The number of H-pyrrole nitrogens is 1. The molecule has 0 radical (unpaired) electrons. The molecule has 0 aliphatic rings. The number of rotatable bonds is 2. The van der Waals surface area contributed by atoms with Crippen LogP contribution in [0.2, 0.25) is 0 Å². The normalized spacial score (nSPS) is 10.6. The Bertz CT molecular complexity index is 759. The Morgan fingerprint density at radius 2 is 1.79 bits per heavy atom. The van der Waals surface area contributed by atoms with Gasteiger partial charge in [0.1, 0.15) is 0 Å². The maximum absolute atomic E-state index is 11.1. The van der Waals surface area contributed by atoms with Crippen LogP contribution < -0.4 is 5.76 Å². The maximum atomic E-state index is 11.1. The first-order valence-electron chi connectivity index (χ1n) is 5.78. The fourth-order valence-electron chi connectivity index (χ4n) is 1.94. The molecule has 3 nitrogen and oxygen atoms in total. The molecule has 19 heavy (non-hydrogen) atoms. The van der Waals surface area contributed by atoms with Crippen molar-refractivity contribution < 1.29 is 4.42 Å². The zero-order chi connectivity index (χ0) is 13.2. The molecule has 3 aromatic rings. The van der Waals surface area contributed by atoms with E-state index in [4.69, 9.17) is 4.42 Å². The Kier molecular flexibility index (Phi) is 3.09. The van der Waals surface area contributed by atoms with Gasteiger partial charge in [-0.2, -0.15) is 0 Å². The van der Waals surface area contributed by atoms with E-state index in [1.165, 1.54) is 0 Å². The molecule has 0 bridgehead atoms. The second-order valence-electron chi connectivity index (χ2n) is 4.10. The largest absolute Gasteiger partial charge is 0.416 e. The Morgan fingerprint density at radius 3 is 2.47 bits per heavy atom. The second-order valence-corrected chi connectivity index (χ2v) is 4.96. The molecule has 0 amide bonds. The van der Waals surface area contributed by atoms with E-state index < -0.39 is 5.76 Å². The molecule has 1 aromatic heterocycles. The molecule has 3 rings (SSSR count). The molecule has 0 fully saturated rings. The predicted octanol–water partition coefficient (Wildman–Crippen LogP) is 4.06. The number of nitrogens with one attached hydrogen (secondary N) is 1. The van der Waals surface area contributed by atoms with Crippen LogP contribution in [0.15, 0.2) is 68.4 Å². The van der Waals surface area contributed by atoms with Gasteiger partial charge >= 0.3 is 5.76 Å². The van der Waals surface area contributed by atoms with Crippen molar-refractivity contribution in [2.75, 3.05) is 0 Å². The molecule has 94 valence electrons. The van der Waals surface area contributed by atoms with Gasteiger partial charge < -0.3 is 4.42 Å². The summed E-state index contributed by atoms with van der Waals surface area (Å²) in [5.74, 6) is 0.0710. The van der Waals surface area contributed by atoms with E-state index in [-0.39, 0.29) is 0 Å². The van der Waals surface area contributed by atoms with Crippen molar-refractivity contribution in [2.45, 2.75) is 0 Å². The molecule has 0 saturated heterocycles. The van der Waals surface area contributed by atoms with Crippen LogP contribution >= 0.6 is 15.9 Å². The third-order valence-corrected chi connectivity index (χ3v) is 3.55. The molecule has 2 aromatic carbocycles. The molecule has 0 spiro atoms. The highest BCUT2D eigenvalue weighted by Crippen LogP contribution is 2.31. The fourth-order valence-corrected chi connectivity index (χ4v) is 2.38. The number of hydrogen-bond acceptors (Lipinski definition) is 2. The molecule has 1 heterocycles. The number of benzene rings is 2. The SMILES string of the molecule is O=c1[nH]cc(-c2cc(-c3ccccc3)ccc2Br)o1. The smallest absolute Gasteiger partial charge is 0.408 e. The van der Waals surface area contributed by atoms with Crippen molar-refractivity contribution in [1.29, 1.82) is 0 Å². The summed E-state index contributed by atoms with van der Waals surface area (Å²) >= 11 is 3.47. The summed E-state index contributed by atoms with van der Waals surface area (Å²) in [6, 6.07) is 16.0. The quantitative estimate of drug-likeness (QED) is 0.775. The fraction of sp³-hybridized carbons (Fsp3) is 0. The monoisotopic (exact) mass is 315 g/mol. The maximum Gasteiger partial charge on any atom is 0.416 e. The van der Waals surface area contributed by atoms with Gasteiger partial charge in [0.2, 0.25) is 0 Å². The van der Waals surface area contributed by atoms with Crippen LogP contribution in [-0.4, -0.2) is 4.98 Å². The average molecular weight is 316 g/mol. The number of oxazole rings is 1. The van der Waals surface area contributed by atoms with Gasteiger partial charge in [0.15, 0.2) is 5.76 Å². The Labute approximate surface area is 118 Å². The number of halogens is 1. The van der Waals surface area contributed by atoms with Crippen LogP contribution in [0.4, 0.5) is 0 Å². The lowest BCUT2D eigenvalue weighted by Crippen LogP contribution is -1.92. The number of hydrogen-bond donors (Lipinski definition) is 1. The van der Waals surface area contributed by atoms with Gasteiger partial charge in [-0.05, 0) is 23.3 Å². The van der Waals surface area contributed by atoms with Gasteiger partial charge in [0, 0.05) is 10.0 Å². The summed E-state index contributed by atoms with van der Waals surface area (Å²) in [6.07, 6.45) is 1.57. The van der Waals surface area contributed by atoms with E-state index in [1.807, 2.05) is 48.5 Å². The number of aromatic nitrogens is 1. The summed E-state index contributed by atoms with van der Waals surface area (Å²) in [7, 11) is 0. The second kappa shape index (κ2) is 4.90. The van der Waals surface area contributed by atoms with Crippen molar-refractivity contribution >= 4 is 15.9 Å². The van der Waals surface area contributed by atoms with Crippen LogP contribution in [0.1, 0.15) is 0 Å². The van der Waals surface area contributed by atoms with Crippen molar-refractivity contribution in [3.8, 4) is 22.5 Å². The lowest BCUT2D eigenvalue weighted by Gasteiger charge is -2.05. The van der Waals surface area contributed by atoms with Gasteiger partial charge in [-0.25, -0.2) is 4.79 Å². The molecular formula is C15H10BrNO2. The van der Waals surface area contributed by atoms with Crippen molar-refractivity contribution in [3.05, 3.63) is 69.8 Å². The lowest BCUT2D eigenvalue weighted by molar-refractivity contribution is 0.528. The van der Waals surface area contributed by atoms with E-state index in [1.54, 1.807) is 6.20 Å². The molecule has 0 aliphatic carbocycles. The van der Waals surface area contributed by atoms with Gasteiger partial charge in [-0.15, -0.1) is 0 Å². The topological polar surface area (TPSA) is 46.0 Å². The molecular weight excluding hydrogens is 306 g/mol. The molecule has 0 atom stereocenters. The van der Waals surface area contributed by atoms with E-state index in [2.05, 4.69) is 20.9 Å². The first-order chi connectivity index (χ1) is 9.24. The zero-order valence-electron chi connectivity index (χ0n) is 9.89. The third-order valence-electron chi connectivity index (χ3n) is 2.86. The minimum absolute atomic E-state index is 0.452. The number of aromatic amines is 1. The molecule has 0 saturated carbocycles. The van der Waals surface area contributed by atoms with E-state index in [9.17, 15) is 4.79 Å². The van der Waals surface area contributed by atoms with Crippen LogP contribution in [-0.2, 0) is 0 Å². The van der Waals surface area contributed by atoms with E-state index in [0.29, 0.717) is 5.76 Å². The Hall–Kier alpha value is -2.07. The molecule has 1 N–H and O–H groups in total. The first-order valence-corrected chi connectivity index (χ1v) is 6.57. The minimum atomic E-state index is -0.452. The van der Waals surface area contributed by atoms with Crippen LogP contribution in [0.25, 0.3) is 22.5 Å². The van der Waals surface area contributed by atoms with Crippen molar-refractivity contribution in [3.63, 3.8) is 0 Å². The molecule has 4 heteroatoms. The Morgan fingerprint density at radius 1 is 1.00 bits per heavy atom. The summed E-state index contributed by atoms with van der Waals surface area (Å²) in [4.78, 5) is 13.6. The third kappa shape index (κ3) is 2.39. The Balaban J connectivity index is 2.14. The van der Waals surface area contributed by atoms with Crippen LogP contribution in [0, 0.1) is 0 Å². The van der Waals surface area contributed by atoms with E-state index in [0.717, 1.165) is 21.2 Å². The van der Waals surface area contributed by atoms with Crippen LogP contribution in [0.5, 0.6) is 0 Å². The van der Waals surface area contributed by atoms with Gasteiger partial charge in [0.25, 0.3) is 0 Å². The van der Waals surface area contributed by atoms with Gasteiger partial charge in [-0.3, -0.25) is 4.98 Å². The summed E-state index contributed by atoms with van der Waals surface area (Å²) < 4.78 is 5.98. The van der Waals surface area contributed by atoms with Crippen molar-refractivity contribution in [2.24, 2.45) is 0 Å². The van der Waals surface area contributed by atoms with Gasteiger partial charge in [-0.1, -0.05) is 52.3 Å². The van der Waals surface area contributed by atoms with E-state index >= 15 is 0 Å². The van der Waals surface area contributed by atoms with Gasteiger partial charge in [0.05, 0.1) is 6.20 Å². The molecule has 0 unspecified atom stereocenters. The highest BCUT2D eigenvalue weighted by molar-refractivity contribution is 9.10. The highest BCUT2D eigenvalue weighted by atomic mass is 79.9. The summed E-state index contributed by atoms with van der Waals surface area (Å²) in [6.45, 7) is 0. The van der Waals surface area contributed by atoms with Crippen molar-refractivity contribution in [1.82, 2.24) is 4.98 Å². The first kappa shape index (κ1) is 12.0.